The first-order valence-electron chi connectivity index (χ1n) is 8.06. The third kappa shape index (κ3) is 3.21. The largest absolute Gasteiger partial charge is 0.350 e. The fraction of sp³-hybridized carbons (Fsp3) is 0.471. The van der Waals surface area contributed by atoms with Gasteiger partial charge < -0.3 is 5.32 Å². The minimum Gasteiger partial charge on any atom is -0.350 e. The zero-order valence-corrected chi connectivity index (χ0v) is 13.6. The van der Waals surface area contributed by atoms with Gasteiger partial charge in [-0.25, -0.2) is 9.89 Å². The summed E-state index contributed by atoms with van der Waals surface area (Å²) in [6.07, 6.45) is 3.28. The number of carbonyl (C=O) groups is 1. The number of aryl methyl sites for hydroxylation is 3. The average Bonchev–Trinajstić information content (AvgIpc) is 2.77. The molecular formula is C17H22N4O2. The number of fused-ring (bicyclic) bond motifs is 1. The summed E-state index contributed by atoms with van der Waals surface area (Å²) in [6, 6.07) is 5.73. The normalized spacial score (nSPS) is 17.4. The monoisotopic (exact) mass is 314 g/mol. The molecule has 122 valence electrons. The molecule has 1 aliphatic rings. The Balaban J connectivity index is 1.77. The van der Waals surface area contributed by atoms with E-state index in [9.17, 15) is 9.59 Å². The highest BCUT2D eigenvalue weighted by Crippen LogP contribution is 2.21. The van der Waals surface area contributed by atoms with E-state index in [2.05, 4.69) is 33.7 Å². The number of H-pyrrole nitrogens is 1. The second-order valence-electron chi connectivity index (χ2n) is 6.22. The molecule has 0 spiro atoms. The van der Waals surface area contributed by atoms with Crippen molar-refractivity contribution in [2.24, 2.45) is 0 Å². The molecule has 2 N–H and O–H groups in total. The number of aromatic nitrogens is 3. The predicted octanol–water partition coefficient (Wildman–Crippen LogP) is 1.77. The van der Waals surface area contributed by atoms with Crippen LogP contribution in [0.3, 0.4) is 0 Å². The van der Waals surface area contributed by atoms with Gasteiger partial charge in [-0.2, -0.15) is 5.10 Å². The van der Waals surface area contributed by atoms with Crippen LogP contribution in [0.5, 0.6) is 0 Å². The van der Waals surface area contributed by atoms with Crippen LogP contribution in [0.25, 0.3) is 0 Å². The van der Waals surface area contributed by atoms with Crippen molar-refractivity contribution >= 4 is 5.91 Å². The van der Waals surface area contributed by atoms with E-state index in [-0.39, 0.29) is 11.6 Å². The van der Waals surface area contributed by atoms with Crippen molar-refractivity contribution in [3.05, 3.63) is 51.2 Å². The summed E-state index contributed by atoms with van der Waals surface area (Å²) in [7, 11) is 0. The summed E-state index contributed by atoms with van der Waals surface area (Å²) in [6.45, 7) is 4.55. The zero-order valence-electron chi connectivity index (χ0n) is 13.6. The SMILES string of the molecule is Cc1ccc(C)c(CNC(=O)[C@@H]2CCCCc3n[nH]c(=O)n32)c1. The van der Waals surface area contributed by atoms with Crippen molar-refractivity contribution in [3.63, 3.8) is 0 Å². The molecule has 6 nitrogen and oxygen atoms in total. The van der Waals surface area contributed by atoms with E-state index in [0.29, 0.717) is 18.8 Å². The number of hydrogen-bond acceptors (Lipinski definition) is 3. The Hall–Kier alpha value is -2.37. The van der Waals surface area contributed by atoms with Gasteiger partial charge in [0.1, 0.15) is 11.9 Å². The molecule has 3 rings (SSSR count). The van der Waals surface area contributed by atoms with Crippen molar-refractivity contribution in [1.82, 2.24) is 20.1 Å². The van der Waals surface area contributed by atoms with Gasteiger partial charge in [-0.1, -0.05) is 30.2 Å². The van der Waals surface area contributed by atoms with Crippen LogP contribution in [0.15, 0.2) is 23.0 Å². The molecule has 23 heavy (non-hydrogen) atoms. The molecule has 0 aliphatic carbocycles. The number of benzene rings is 1. The number of hydrogen-bond donors (Lipinski definition) is 2. The lowest BCUT2D eigenvalue weighted by Gasteiger charge is -2.17. The molecule has 0 unspecified atom stereocenters. The van der Waals surface area contributed by atoms with E-state index in [1.165, 1.54) is 10.1 Å². The summed E-state index contributed by atoms with van der Waals surface area (Å²) < 4.78 is 1.52. The maximum absolute atomic E-state index is 12.6. The third-order valence-corrected chi connectivity index (χ3v) is 4.48. The second-order valence-corrected chi connectivity index (χ2v) is 6.22. The second kappa shape index (κ2) is 6.40. The van der Waals surface area contributed by atoms with Crippen molar-refractivity contribution in [2.45, 2.75) is 52.1 Å². The predicted molar refractivity (Wildman–Crippen MR) is 87.2 cm³/mol. The molecule has 1 atom stereocenters. The average molecular weight is 314 g/mol. The molecule has 2 aromatic rings. The van der Waals surface area contributed by atoms with Gasteiger partial charge in [0, 0.05) is 13.0 Å². The van der Waals surface area contributed by atoms with E-state index in [1.54, 1.807) is 0 Å². The molecule has 1 aliphatic heterocycles. The Morgan fingerprint density at radius 2 is 2.22 bits per heavy atom. The van der Waals surface area contributed by atoms with E-state index >= 15 is 0 Å². The van der Waals surface area contributed by atoms with Gasteiger partial charge in [-0.05, 0) is 37.8 Å². The molecule has 1 aromatic carbocycles. The van der Waals surface area contributed by atoms with Crippen molar-refractivity contribution in [1.29, 1.82) is 0 Å². The minimum atomic E-state index is -0.469. The minimum absolute atomic E-state index is 0.113. The highest BCUT2D eigenvalue weighted by molar-refractivity contribution is 5.80. The molecule has 1 aromatic heterocycles. The molecule has 6 heteroatoms. The lowest BCUT2D eigenvalue weighted by molar-refractivity contribution is -0.124. The molecule has 1 amide bonds. The Labute approximate surface area is 134 Å². The van der Waals surface area contributed by atoms with Crippen LogP contribution in [0.1, 0.15) is 47.8 Å². The maximum Gasteiger partial charge on any atom is 0.344 e. The summed E-state index contributed by atoms with van der Waals surface area (Å²) in [4.78, 5) is 24.6. The number of aromatic amines is 1. The van der Waals surface area contributed by atoms with Gasteiger partial charge in [-0.15, -0.1) is 0 Å². The Morgan fingerprint density at radius 3 is 3.04 bits per heavy atom. The van der Waals surface area contributed by atoms with Gasteiger partial charge in [0.15, 0.2) is 0 Å². The number of nitrogens with one attached hydrogen (secondary N) is 2. The molecule has 0 saturated heterocycles. The number of amides is 1. The molecule has 0 fully saturated rings. The zero-order chi connectivity index (χ0) is 16.4. The van der Waals surface area contributed by atoms with Gasteiger partial charge in [0.05, 0.1) is 0 Å². The smallest absolute Gasteiger partial charge is 0.344 e. The van der Waals surface area contributed by atoms with Gasteiger partial charge in [0.2, 0.25) is 5.91 Å². The van der Waals surface area contributed by atoms with Crippen LogP contribution in [-0.2, 0) is 17.8 Å². The van der Waals surface area contributed by atoms with Crippen molar-refractivity contribution in [3.8, 4) is 0 Å². The van der Waals surface area contributed by atoms with Crippen LogP contribution in [-0.4, -0.2) is 20.7 Å². The maximum atomic E-state index is 12.6. The van der Waals surface area contributed by atoms with Crippen LogP contribution >= 0.6 is 0 Å². The number of rotatable bonds is 3. The van der Waals surface area contributed by atoms with E-state index in [1.807, 2.05) is 13.8 Å². The Morgan fingerprint density at radius 1 is 1.39 bits per heavy atom. The van der Waals surface area contributed by atoms with Crippen LogP contribution < -0.4 is 11.0 Å². The van der Waals surface area contributed by atoms with Crippen molar-refractivity contribution < 1.29 is 4.79 Å². The summed E-state index contributed by atoms with van der Waals surface area (Å²) in [5.74, 6) is 0.567. The summed E-state index contributed by atoms with van der Waals surface area (Å²) in [5, 5.41) is 9.48. The fourth-order valence-corrected chi connectivity index (χ4v) is 3.12. The summed E-state index contributed by atoms with van der Waals surface area (Å²) >= 11 is 0. The number of carbonyl (C=O) groups excluding carboxylic acids is 1. The molecule has 0 saturated carbocycles. The standard InChI is InChI=1S/C17H22N4O2/c1-11-7-8-12(2)13(9-11)10-18-16(22)14-5-3-4-6-15-19-20-17(23)21(14)15/h7-9,14H,3-6,10H2,1-2H3,(H,18,22)(H,20,23)/t14-/m0/s1. The lowest BCUT2D eigenvalue weighted by Crippen LogP contribution is -2.36. The Kier molecular flexibility index (Phi) is 4.32. The van der Waals surface area contributed by atoms with Gasteiger partial charge in [0.25, 0.3) is 0 Å². The van der Waals surface area contributed by atoms with Crippen LogP contribution in [0.2, 0.25) is 0 Å². The van der Waals surface area contributed by atoms with E-state index < -0.39 is 6.04 Å². The van der Waals surface area contributed by atoms with E-state index in [0.717, 1.165) is 30.4 Å². The first kappa shape index (κ1) is 15.5. The molecular weight excluding hydrogens is 292 g/mol. The lowest BCUT2D eigenvalue weighted by atomic mass is 10.1. The van der Waals surface area contributed by atoms with E-state index in [4.69, 9.17) is 0 Å². The van der Waals surface area contributed by atoms with Crippen molar-refractivity contribution in [2.75, 3.05) is 0 Å². The third-order valence-electron chi connectivity index (χ3n) is 4.48. The number of nitrogens with zero attached hydrogens (tertiary/aromatic N) is 2. The highest BCUT2D eigenvalue weighted by Gasteiger charge is 2.27. The summed E-state index contributed by atoms with van der Waals surface area (Å²) in [5.41, 5.74) is 3.13. The first-order chi connectivity index (χ1) is 11.1. The molecule has 0 bridgehead atoms. The van der Waals surface area contributed by atoms with Gasteiger partial charge >= 0.3 is 5.69 Å². The topological polar surface area (TPSA) is 79.8 Å². The van der Waals surface area contributed by atoms with Gasteiger partial charge in [-0.3, -0.25) is 9.36 Å². The quantitative estimate of drug-likeness (QED) is 0.906. The molecule has 0 radical (unpaired) electrons. The van der Waals surface area contributed by atoms with Crippen LogP contribution in [0.4, 0.5) is 0 Å². The fourth-order valence-electron chi connectivity index (χ4n) is 3.12. The first-order valence-corrected chi connectivity index (χ1v) is 8.06. The Bertz CT molecular complexity index is 775. The highest BCUT2D eigenvalue weighted by atomic mass is 16.2. The molecule has 2 heterocycles. The van der Waals surface area contributed by atoms with Crippen LogP contribution in [0, 0.1) is 13.8 Å².